The van der Waals surface area contributed by atoms with Crippen molar-refractivity contribution in [1.82, 2.24) is 0 Å². The molecule has 2 nitrogen and oxygen atoms in total. The largest absolute Gasteiger partial charge is 0.340 e. The van der Waals surface area contributed by atoms with Crippen LogP contribution in [0.4, 0.5) is 0 Å². The van der Waals surface area contributed by atoms with E-state index in [-0.39, 0.29) is 5.79 Å². The molecule has 0 amide bonds. The van der Waals surface area contributed by atoms with Crippen molar-refractivity contribution in [3.05, 3.63) is 0 Å². The van der Waals surface area contributed by atoms with E-state index >= 15 is 0 Å². The van der Waals surface area contributed by atoms with E-state index in [0.717, 1.165) is 6.61 Å². The van der Waals surface area contributed by atoms with Gasteiger partial charge in [-0.15, -0.1) is 0 Å². The summed E-state index contributed by atoms with van der Waals surface area (Å²) in [5.74, 6) is -0.0417. The third kappa shape index (κ3) is 0.172. The van der Waals surface area contributed by atoms with Gasteiger partial charge in [-0.3, -0.25) is 0 Å². The second-order valence-electron chi connectivity index (χ2n) is 1.86. The van der Waals surface area contributed by atoms with E-state index in [1.54, 1.807) is 0 Å². The Morgan fingerprint density at radius 1 is 1.83 bits per heavy atom. The van der Waals surface area contributed by atoms with Crippen molar-refractivity contribution in [2.45, 2.75) is 18.8 Å². The van der Waals surface area contributed by atoms with Crippen LogP contribution >= 0.6 is 0 Å². The van der Waals surface area contributed by atoms with E-state index in [1.807, 2.05) is 6.92 Å². The summed E-state index contributed by atoms with van der Waals surface area (Å²) >= 11 is 0. The van der Waals surface area contributed by atoms with E-state index in [2.05, 4.69) is 0 Å². The molecule has 1 spiro atoms. The molecule has 2 saturated heterocycles. The second kappa shape index (κ2) is 0.532. The van der Waals surface area contributed by atoms with Crippen molar-refractivity contribution >= 4 is 0 Å². The van der Waals surface area contributed by atoms with Crippen LogP contribution in [0, 0.1) is 0 Å². The molecule has 2 heteroatoms. The number of ether oxygens (including phenoxy) is 2. The summed E-state index contributed by atoms with van der Waals surface area (Å²) < 4.78 is 9.89. The summed E-state index contributed by atoms with van der Waals surface area (Å²) in [6, 6.07) is 0. The van der Waals surface area contributed by atoms with Gasteiger partial charge in [-0.2, -0.15) is 0 Å². The zero-order valence-corrected chi connectivity index (χ0v) is 3.60. The van der Waals surface area contributed by atoms with Gasteiger partial charge in [0.2, 0.25) is 5.79 Å². The van der Waals surface area contributed by atoms with Crippen LogP contribution in [0.3, 0.4) is 0 Å². The molecular weight excluding hydrogens is 80.0 g/mol. The Balaban J connectivity index is 2.17. The molecule has 0 N–H and O–H groups in total. The van der Waals surface area contributed by atoms with Crippen LogP contribution in [0.15, 0.2) is 0 Å². The molecule has 6 heavy (non-hydrogen) atoms. The number of epoxide rings is 2. The zero-order valence-electron chi connectivity index (χ0n) is 3.60. The molecule has 2 fully saturated rings. The molecule has 2 rings (SSSR count). The lowest BCUT2D eigenvalue weighted by Crippen LogP contribution is -1.84. The minimum atomic E-state index is -0.0417. The maximum atomic E-state index is 4.99. The summed E-state index contributed by atoms with van der Waals surface area (Å²) in [6.45, 7) is 2.85. The van der Waals surface area contributed by atoms with Crippen LogP contribution in [0.5, 0.6) is 0 Å². The molecule has 0 bridgehead atoms. The summed E-state index contributed by atoms with van der Waals surface area (Å²) in [5, 5.41) is 0. The molecule has 0 saturated carbocycles. The molecule has 2 heterocycles. The predicted molar refractivity (Wildman–Crippen MR) is 19.2 cm³/mol. The van der Waals surface area contributed by atoms with Gasteiger partial charge in [0.1, 0.15) is 12.7 Å². The third-order valence-electron chi connectivity index (χ3n) is 1.37. The van der Waals surface area contributed by atoms with Crippen LogP contribution in [0.25, 0.3) is 0 Å². The first-order valence-corrected chi connectivity index (χ1v) is 2.15. The fraction of sp³-hybridized carbons (Fsp3) is 1.00. The average molecular weight is 86.1 g/mol. The lowest BCUT2D eigenvalue weighted by atomic mass is 10.4. The normalized spacial score (nSPS) is 62.5. The van der Waals surface area contributed by atoms with Gasteiger partial charge >= 0.3 is 0 Å². The quantitative estimate of drug-likeness (QED) is 0.391. The molecule has 0 aromatic rings. The van der Waals surface area contributed by atoms with Gasteiger partial charge in [0, 0.05) is 0 Å². The van der Waals surface area contributed by atoms with Crippen LogP contribution < -0.4 is 0 Å². The van der Waals surface area contributed by atoms with E-state index < -0.39 is 0 Å². The molecule has 0 radical (unpaired) electrons. The maximum absolute atomic E-state index is 4.99. The highest BCUT2D eigenvalue weighted by Gasteiger charge is 2.66. The first-order valence-electron chi connectivity index (χ1n) is 2.15. The first-order chi connectivity index (χ1) is 2.83. The van der Waals surface area contributed by atoms with Crippen LogP contribution in [-0.4, -0.2) is 18.5 Å². The van der Waals surface area contributed by atoms with Crippen LogP contribution in [-0.2, 0) is 9.47 Å². The molecular formula is C4H6O2. The van der Waals surface area contributed by atoms with Crippen molar-refractivity contribution in [1.29, 1.82) is 0 Å². The third-order valence-corrected chi connectivity index (χ3v) is 1.37. The van der Waals surface area contributed by atoms with Crippen molar-refractivity contribution in [2.24, 2.45) is 0 Å². The molecule has 0 aromatic heterocycles. The number of hydrogen-bond acceptors (Lipinski definition) is 2. The average Bonchev–Trinajstić information content (AvgIpc) is 2.25. The highest BCUT2D eigenvalue weighted by Crippen LogP contribution is 2.48. The minimum absolute atomic E-state index is 0.0417. The van der Waals surface area contributed by atoms with E-state index in [1.165, 1.54) is 0 Å². The fourth-order valence-electron chi connectivity index (χ4n) is 0.639. The summed E-state index contributed by atoms with van der Waals surface area (Å²) in [4.78, 5) is 0. The minimum Gasteiger partial charge on any atom is -0.340 e. The Bertz CT molecular complexity index is 85.5. The van der Waals surface area contributed by atoms with Crippen molar-refractivity contribution in [3.8, 4) is 0 Å². The SMILES string of the molecule is CC1OC12CO2. The van der Waals surface area contributed by atoms with Gasteiger partial charge in [0.15, 0.2) is 0 Å². The van der Waals surface area contributed by atoms with E-state index in [9.17, 15) is 0 Å². The standard InChI is InChI=1S/C4H6O2/c1-3-4(6-3)2-5-4/h3H,2H2,1H3. The Kier molecular flexibility index (Phi) is 0.265. The van der Waals surface area contributed by atoms with Gasteiger partial charge in [-0.1, -0.05) is 0 Å². The van der Waals surface area contributed by atoms with Crippen molar-refractivity contribution in [3.63, 3.8) is 0 Å². The van der Waals surface area contributed by atoms with Gasteiger partial charge in [-0.05, 0) is 6.92 Å². The van der Waals surface area contributed by atoms with Gasteiger partial charge < -0.3 is 9.47 Å². The van der Waals surface area contributed by atoms with Gasteiger partial charge in [0.05, 0.1) is 0 Å². The maximum Gasteiger partial charge on any atom is 0.219 e. The lowest BCUT2D eigenvalue weighted by Gasteiger charge is -1.58. The Morgan fingerprint density at radius 2 is 2.33 bits per heavy atom. The molecule has 2 unspecified atom stereocenters. The van der Waals surface area contributed by atoms with E-state index in [0.29, 0.717) is 6.10 Å². The monoisotopic (exact) mass is 86.0 g/mol. The Hall–Kier alpha value is -0.0800. The Morgan fingerprint density at radius 3 is 2.33 bits per heavy atom. The number of hydrogen-bond donors (Lipinski definition) is 0. The molecule has 2 aliphatic heterocycles. The number of rotatable bonds is 0. The molecule has 0 aliphatic carbocycles. The van der Waals surface area contributed by atoms with Crippen LogP contribution in [0.2, 0.25) is 0 Å². The van der Waals surface area contributed by atoms with Gasteiger partial charge in [0.25, 0.3) is 0 Å². The molecule has 0 aromatic carbocycles. The smallest absolute Gasteiger partial charge is 0.219 e. The zero-order chi connectivity index (χ0) is 4.20. The fourth-order valence-corrected chi connectivity index (χ4v) is 0.639. The predicted octanol–water partition coefficient (Wildman–Crippen LogP) is 0.132. The Labute approximate surface area is 36.0 Å². The highest BCUT2D eigenvalue weighted by molar-refractivity contribution is 5.01. The summed E-state index contributed by atoms with van der Waals surface area (Å²) in [6.07, 6.45) is 0.387. The topological polar surface area (TPSA) is 25.1 Å². The molecule has 34 valence electrons. The lowest BCUT2D eigenvalue weighted by molar-refractivity contribution is 0.252. The highest BCUT2D eigenvalue weighted by atomic mass is 16.9. The van der Waals surface area contributed by atoms with Crippen molar-refractivity contribution in [2.75, 3.05) is 6.61 Å². The molecule has 2 atom stereocenters. The molecule has 2 aliphatic rings. The summed E-state index contributed by atoms with van der Waals surface area (Å²) in [7, 11) is 0. The second-order valence-corrected chi connectivity index (χ2v) is 1.86. The van der Waals surface area contributed by atoms with Crippen molar-refractivity contribution < 1.29 is 9.47 Å². The van der Waals surface area contributed by atoms with E-state index in [4.69, 9.17) is 9.47 Å². The van der Waals surface area contributed by atoms with Gasteiger partial charge in [-0.25, -0.2) is 0 Å². The first kappa shape index (κ1) is 2.99. The summed E-state index contributed by atoms with van der Waals surface area (Å²) in [5.41, 5.74) is 0. The van der Waals surface area contributed by atoms with Crippen LogP contribution in [0.1, 0.15) is 6.92 Å².